The lowest BCUT2D eigenvalue weighted by Crippen LogP contribution is -2.63. The van der Waals surface area contributed by atoms with E-state index in [1.165, 1.54) is 42.9 Å². The van der Waals surface area contributed by atoms with Crippen molar-refractivity contribution in [3.05, 3.63) is 58.7 Å². The minimum atomic E-state index is -1.87. The van der Waals surface area contributed by atoms with E-state index in [4.69, 9.17) is 59.0 Å². The van der Waals surface area contributed by atoms with Crippen LogP contribution in [0.2, 0.25) is 5.02 Å². The van der Waals surface area contributed by atoms with Crippen molar-refractivity contribution >= 4 is 53.2 Å². The standard InChI is InChI=1S/C57H86ClN5O17/c1-38-17-15-20-46(72-9)57(70)37-45(78-55(69)60-57)39(2)52-56(4,80-52)47(36-50(66)63(7)43-34-41(33-38)35-44(71-8)51(43)58)79-53(67)40(3)62(6)49(65)22-16-21-48(64)61(5)24-26-74-28-30-76-32-31-75-29-27-73-25-23-59-54(68)77-42-18-13-11-10-12-14-19-42/h10-11,15,17,20,34-35,39-40,42,45-47,52,70H,12-14,16,18-19,21-33,36-37H2,1-9H3,(H,59,68)(H,60,69)/b11-10+,20-15+,38-17+/t39-,40+,42?,45+,46-,47+,52+,56+,57+/m1/s1. The molecule has 3 heterocycles. The molecule has 80 heavy (non-hydrogen) atoms. The molecule has 1 unspecified atom stereocenters. The number of fused-ring (bicyclic) bond motifs is 5. The van der Waals surface area contributed by atoms with Gasteiger partial charge in [0.15, 0.2) is 5.72 Å². The first-order valence-corrected chi connectivity index (χ1v) is 28.1. The molecule has 0 saturated carbocycles. The maximum Gasteiger partial charge on any atom is 0.409 e. The largest absolute Gasteiger partial charge is 0.495 e. The number of esters is 1. The molecule has 1 aliphatic carbocycles. The lowest BCUT2D eigenvalue weighted by Gasteiger charge is -2.42. The number of likely N-dealkylation sites (N-methyl/N-ethyl adjacent to an activating group) is 2. The number of nitrogens with one attached hydrogen (secondary N) is 2. The van der Waals surface area contributed by atoms with Gasteiger partial charge in [-0.2, -0.15) is 0 Å². The molecule has 9 atom stereocenters. The van der Waals surface area contributed by atoms with Gasteiger partial charge in [0.2, 0.25) is 17.7 Å². The summed E-state index contributed by atoms with van der Waals surface area (Å²) in [6, 6.07) is 2.44. The zero-order valence-corrected chi connectivity index (χ0v) is 48.9. The average molecular weight is 1150 g/mol. The summed E-state index contributed by atoms with van der Waals surface area (Å²) in [6.07, 6.45) is 9.28. The van der Waals surface area contributed by atoms with Crippen LogP contribution in [0.4, 0.5) is 15.3 Å². The molecular formula is C57H86ClN5O17. The van der Waals surface area contributed by atoms with Gasteiger partial charge in [-0.05, 0) is 83.4 Å². The molecule has 3 N–H and O–H groups in total. The Bertz CT molecular complexity index is 2320. The Balaban J connectivity index is 1.04. The number of carbonyl (C=O) groups excluding carboxylic acids is 6. The van der Waals surface area contributed by atoms with Crippen LogP contribution < -0.4 is 20.3 Å². The van der Waals surface area contributed by atoms with E-state index >= 15 is 0 Å². The molecule has 3 aliphatic heterocycles. The zero-order chi connectivity index (χ0) is 58.4. The van der Waals surface area contributed by atoms with E-state index in [9.17, 15) is 33.9 Å². The Morgan fingerprint density at radius 2 is 1.60 bits per heavy atom. The molecule has 22 nitrogen and oxygen atoms in total. The quantitative estimate of drug-likeness (QED) is 0.0343. The van der Waals surface area contributed by atoms with E-state index in [0.29, 0.717) is 77.2 Å². The van der Waals surface area contributed by atoms with Crippen molar-refractivity contribution in [3.63, 3.8) is 0 Å². The second-order valence-corrected chi connectivity index (χ2v) is 21.3. The van der Waals surface area contributed by atoms with Crippen molar-refractivity contribution in [2.45, 2.75) is 146 Å². The monoisotopic (exact) mass is 1150 g/mol. The van der Waals surface area contributed by atoms with Crippen molar-refractivity contribution in [2.75, 3.05) is 106 Å². The van der Waals surface area contributed by atoms with Crippen molar-refractivity contribution in [3.8, 4) is 5.75 Å². The van der Waals surface area contributed by atoms with E-state index in [1.54, 1.807) is 52.2 Å². The molecule has 23 heteroatoms. The van der Waals surface area contributed by atoms with Crippen LogP contribution in [0.3, 0.4) is 0 Å². The number of epoxide rings is 1. The van der Waals surface area contributed by atoms with Gasteiger partial charge in [0.1, 0.15) is 46.8 Å². The zero-order valence-electron chi connectivity index (χ0n) is 48.1. The SMILES string of the molecule is COc1cc2cc(c1Cl)N(C)C(=O)C[C@H](OC(=O)[C@H](C)N(C)C(=O)CCCC(=O)N(C)CCOCCOCCOCCOCCNC(=O)OC1CC/C=C/CCC1)[C@]1(C)O[C@H]1[C@H](C)[C@@H]1C[C@@](O)(NC(=O)O1)[C@H](OC)/C=C/C=C(\C)C2. The van der Waals surface area contributed by atoms with Gasteiger partial charge in [-0.15, -0.1) is 0 Å². The van der Waals surface area contributed by atoms with Crippen LogP contribution in [0.1, 0.15) is 97.5 Å². The maximum absolute atomic E-state index is 14.4. The first-order chi connectivity index (χ1) is 38.2. The number of amides is 5. The number of carbonyl (C=O) groups is 6. The number of anilines is 1. The summed E-state index contributed by atoms with van der Waals surface area (Å²) in [5.74, 6) is -2.10. The molecule has 1 aromatic carbocycles. The fraction of sp³-hybridized carbons (Fsp3) is 0.684. The van der Waals surface area contributed by atoms with E-state index in [1.807, 2.05) is 13.0 Å². The maximum atomic E-state index is 14.4. The van der Waals surface area contributed by atoms with Crippen LogP contribution in [0.5, 0.6) is 5.75 Å². The topological polar surface area (TPSA) is 252 Å². The molecule has 448 valence electrons. The number of halogens is 1. The Morgan fingerprint density at radius 1 is 0.938 bits per heavy atom. The molecule has 0 spiro atoms. The number of ether oxygens (including phenoxy) is 10. The van der Waals surface area contributed by atoms with Gasteiger partial charge < -0.3 is 72.5 Å². The third-order valence-corrected chi connectivity index (χ3v) is 15.3. The molecule has 5 amide bonds. The fourth-order valence-corrected chi connectivity index (χ4v) is 10.0. The highest BCUT2D eigenvalue weighted by Gasteiger charge is 2.64. The van der Waals surface area contributed by atoms with Crippen LogP contribution in [0, 0.1) is 5.92 Å². The Kier molecular flexibility index (Phi) is 26.5. The number of rotatable bonds is 25. The number of allylic oxidation sites excluding steroid dienone is 5. The van der Waals surface area contributed by atoms with Gasteiger partial charge in [0, 0.05) is 66.5 Å². The van der Waals surface area contributed by atoms with Crippen molar-refractivity contribution in [2.24, 2.45) is 5.92 Å². The molecule has 1 aromatic rings. The summed E-state index contributed by atoms with van der Waals surface area (Å²) in [5.41, 5.74) is -1.13. The summed E-state index contributed by atoms with van der Waals surface area (Å²) < 4.78 is 57.2. The molecule has 4 aliphatic rings. The van der Waals surface area contributed by atoms with Crippen LogP contribution >= 0.6 is 11.6 Å². The molecule has 5 rings (SSSR count). The van der Waals surface area contributed by atoms with E-state index in [2.05, 4.69) is 22.8 Å². The molecule has 0 radical (unpaired) electrons. The predicted octanol–water partition coefficient (Wildman–Crippen LogP) is 5.82. The van der Waals surface area contributed by atoms with Crippen LogP contribution in [-0.2, 0) is 68.2 Å². The van der Waals surface area contributed by atoms with E-state index < -0.39 is 77.7 Å². The third-order valence-electron chi connectivity index (χ3n) is 14.9. The van der Waals surface area contributed by atoms with Crippen molar-refractivity contribution < 1.29 is 81.2 Å². The third kappa shape index (κ3) is 19.7. The summed E-state index contributed by atoms with van der Waals surface area (Å²) in [4.78, 5) is 84.0. The number of methoxy groups -OCH3 is 2. The van der Waals surface area contributed by atoms with Crippen LogP contribution in [-0.4, -0.2) is 200 Å². The Labute approximate surface area is 476 Å². The predicted molar refractivity (Wildman–Crippen MR) is 296 cm³/mol. The number of aliphatic hydroxyl groups is 1. The molecule has 2 saturated heterocycles. The van der Waals surface area contributed by atoms with Crippen LogP contribution in [0.15, 0.2) is 48.1 Å². The summed E-state index contributed by atoms with van der Waals surface area (Å²) in [6.45, 7) is 10.4. The first kappa shape index (κ1) is 65.5. The summed E-state index contributed by atoms with van der Waals surface area (Å²) in [7, 11) is 7.57. The number of alkyl carbamates (subject to hydrolysis) is 2. The Hall–Kier alpha value is -5.33. The molecule has 2 fully saturated rings. The van der Waals surface area contributed by atoms with Crippen molar-refractivity contribution in [1.29, 1.82) is 0 Å². The summed E-state index contributed by atoms with van der Waals surface area (Å²) >= 11 is 6.82. The number of nitrogens with zero attached hydrogens (tertiary/aromatic N) is 3. The minimum absolute atomic E-state index is 0.0284. The van der Waals surface area contributed by atoms with Gasteiger partial charge in [-0.25, -0.2) is 14.4 Å². The smallest absolute Gasteiger partial charge is 0.409 e. The highest BCUT2D eigenvalue weighted by atomic mass is 35.5. The lowest BCUT2D eigenvalue weighted by molar-refractivity contribution is -0.162. The minimum Gasteiger partial charge on any atom is -0.495 e. The van der Waals surface area contributed by atoms with Gasteiger partial charge in [0.25, 0.3) is 0 Å². The van der Waals surface area contributed by atoms with Crippen LogP contribution in [0.25, 0.3) is 0 Å². The molecular weight excluding hydrogens is 1060 g/mol. The van der Waals surface area contributed by atoms with Gasteiger partial charge in [-0.3, -0.25) is 19.7 Å². The van der Waals surface area contributed by atoms with Gasteiger partial charge in [-0.1, -0.05) is 54.5 Å². The number of benzene rings is 1. The van der Waals surface area contributed by atoms with Crippen molar-refractivity contribution in [1.82, 2.24) is 20.4 Å². The van der Waals surface area contributed by atoms with Gasteiger partial charge >= 0.3 is 18.2 Å². The second-order valence-electron chi connectivity index (χ2n) is 21.0. The number of hydrogen-bond donors (Lipinski definition) is 3. The van der Waals surface area contributed by atoms with Gasteiger partial charge in [0.05, 0.1) is 78.2 Å². The number of hydrogen-bond acceptors (Lipinski definition) is 17. The Morgan fingerprint density at radius 3 is 2.29 bits per heavy atom. The summed E-state index contributed by atoms with van der Waals surface area (Å²) in [5, 5.41) is 17.3. The normalized spacial score (nSPS) is 27.0. The molecule has 0 aromatic heterocycles. The molecule has 4 bridgehead atoms. The first-order valence-electron chi connectivity index (χ1n) is 27.7. The second kappa shape index (κ2) is 32.3. The highest BCUT2D eigenvalue weighted by Crippen LogP contribution is 2.49. The fourth-order valence-electron chi connectivity index (χ4n) is 9.73. The highest BCUT2D eigenvalue weighted by molar-refractivity contribution is 6.35. The van der Waals surface area contributed by atoms with E-state index in [0.717, 1.165) is 43.2 Å². The average Bonchev–Trinajstić information content (AvgIpc) is 4.28. The lowest BCUT2D eigenvalue weighted by atomic mass is 9.83. The van der Waals surface area contributed by atoms with E-state index in [-0.39, 0.29) is 55.7 Å².